The molecule has 0 aliphatic carbocycles. The Morgan fingerprint density at radius 1 is 1.13 bits per heavy atom. The van der Waals surface area contributed by atoms with Crippen molar-refractivity contribution in [1.82, 2.24) is 4.90 Å². The summed E-state index contributed by atoms with van der Waals surface area (Å²) in [6.45, 7) is 1.97. The zero-order valence-electron chi connectivity index (χ0n) is 17.4. The lowest BCUT2D eigenvalue weighted by molar-refractivity contribution is -0.140. The molecule has 2 aliphatic heterocycles. The van der Waals surface area contributed by atoms with E-state index in [4.69, 9.17) is 9.47 Å². The number of rotatable bonds is 4. The maximum absolute atomic E-state index is 12.8. The molecule has 0 unspecified atom stereocenters. The summed E-state index contributed by atoms with van der Waals surface area (Å²) in [5, 5.41) is 0. The topological polar surface area (TPSA) is 72.9 Å². The third kappa shape index (κ3) is 4.09. The smallest absolute Gasteiger partial charge is 0.226 e. The average Bonchev–Trinajstić information content (AvgIpc) is 2.74. The Hall–Kier alpha value is -2.38. The van der Waals surface area contributed by atoms with Gasteiger partial charge < -0.3 is 14.4 Å². The summed E-state index contributed by atoms with van der Waals surface area (Å²) in [4.78, 5) is 15.0. The molecule has 1 saturated heterocycles. The first-order valence-electron chi connectivity index (χ1n) is 10.2. The van der Waals surface area contributed by atoms with E-state index in [9.17, 15) is 13.2 Å². The number of piperidine rings is 1. The van der Waals surface area contributed by atoms with Crippen LogP contribution < -0.4 is 4.74 Å². The minimum Gasteiger partial charge on any atom is -0.497 e. The number of fused-ring (bicyclic) bond motifs is 2. The van der Waals surface area contributed by atoms with Crippen molar-refractivity contribution in [2.45, 2.75) is 36.2 Å². The molecule has 1 fully saturated rings. The standard InChI is InChI=1S/C23H27NO5S/c1-28-19-5-8-21-18(16-19)9-14-29-23(21)10-12-24(13-11-23)22(25)15-17-3-6-20(7-4-17)30(2,26)27/h3-8,16H,9-15H2,1-2H3. The Bertz CT molecular complexity index is 1040. The van der Waals surface area contributed by atoms with Gasteiger partial charge in [-0.3, -0.25) is 4.79 Å². The molecule has 1 amide bonds. The van der Waals surface area contributed by atoms with E-state index in [0.29, 0.717) is 19.7 Å². The predicted octanol–water partition coefficient (Wildman–Crippen LogP) is 2.73. The molecular formula is C23H27NO5S. The normalized spacial score (nSPS) is 18.1. The van der Waals surface area contributed by atoms with E-state index in [1.54, 1.807) is 31.4 Å². The largest absolute Gasteiger partial charge is 0.497 e. The second-order valence-electron chi connectivity index (χ2n) is 8.09. The first kappa shape index (κ1) is 20.9. The van der Waals surface area contributed by atoms with Crippen molar-refractivity contribution in [2.24, 2.45) is 0 Å². The van der Waals surface area contributed by atoms with Crippen molar-refractivity contribution in [1.29, 1.82) is 0 Å². The molecule has 0 saturated carbocycles. The summed E-state index contributed by atoms with van der Waals surface area (Å²) < 4.78 is 34.8. The number of methoxy groups -OCH3 is 1. The first-order chi connectivity index (χ1) is 14.3. The van der Waals surface area contributed by atoms with Crippen molar-refractivity contribution < 1.29 is 22.7 Å². The van der Waals surface area contributed by atoms with Crippen LogP contribution in [0.2, 0.25) is 0 Å². The lowest BCUT2D eigenvalue weighted by Crippen LogP contribution is -2.48. The number of likely N-dealkylation sites (tertiary alicyclic amines) is 1. The fraction of sp³-hybridized carbons (Fsp3) is 0.435. The Labute approximate surface area is 177 Å². The number of amides is 1. The van der Waals surface area contributed by atoms with Crippen LogP contribution in [-0.4, -0.2) is 52.3 Å². The molecule has 0 N–H and O–H groups in total. The minimum absolute atomic E-state index is 0.0581. The SMILES string of the molecule is COc1ccc2c(c1)CCOC21CCN(C(=O)Cc2ccc(S(C)(=O)=O)cc2)CC1. The Balaban J connectivity index is 1.42. The fourth-order valence-corrected chi connectivity index (χ4v) is 5.08. The van der Waals surface area contributed by atoms with Gasteiger partial charge in [0.15, 0.2) is 9.84 Å². The molecule has 0 atom stereocenters. The summed E-state index contributed by atoms with van der Waals surface area (Å²) in [5.41, 5.74) is 2.98. The molecule has 7 heteroatoms. The molecule has 2 aliphatic rings. The second-order valence-corrected chi connectivity index (χ2v) is 10.1. The van der Waals surface area contributed by atoms with E-state index < -0.39 is 9.84 Å². The van der Waals surface area contributed by atoms with Crippen LogP contribution in [0.5, 0.6) is 5.75 Å². The summed E-state index contributed by atoms with van der Waals surface area (Å²) >= 11 is 0. The molecule has 0 aromatic heterocycles. The van der Waals surface area contributed by atoms with Crippen LogP contribution in [0.3, 0.4) is 0 Å². The summed E-state index contributed by atoms with van der Waals surface area (Å²) in [7, 11) is -1.55. The number of sulfone groups is 1. The van der Waals surface area contributed by atoms with Gasteiger partial charge >= 0.3 is 0 Å². The fourth-order valence-electron chi connectivity index (χ4n) is 4.45. The van der Waals surface area contributed by atoms with Crippen molar-refractivity contribution in [3.8, 4) is 5.75 Å². The summed E-state index contributed by atoms with van der Waals surface area (Å²) in [6, 6.07) is 12.7. The van der Waals surface area contributed by atoms with Gasteiger partial charge in [0, 0.05) is 19.3 Å². The van der Waals surface area contributed by atoms with Crippen LogP contribution in [0.25, 0.3) is 0 Å². The molecule has 4 rings (SSSR count). The van der Waals surface area contributed by atoms with Crippen LogP contribution in [-0.2, 0) is 37.8 Å². The number of hydrogen-bond acceptors (Lipinski definition) is 5. The number of nitrogens with zero attached hydrogens (tertiary/aromatic N) is 1. The lowest BCUT2D eigenvalue weighted by atomic mass is 9.79. The van der Waals surface area contributed by atoms with Gasteiger partial charge in [0.05, 0.1) is 30.6 Å². The van der Waals surface area contributed by atoms with E-state index in [2.05, 4.69) is 12.1 Å². The Kier molecular flexibility index (Phi) is 5.59. The monoisotopic (exact) mass is 429 g/mol. The Morgan fingerprint density at radius 2 is 1.83 bits per heavy atom. The molecule has 2 heterocycles. The molecular weight excluding hydrogens is 402 g/mol. The van der Waals surface area contributed by atoms with Crippen LogP contribution in [0.1, 0.15) is 29.5 Å². The van der Waals surface area contributed by atoms with Gasteiger partial charge in [-0.25, -0.2) is 8.42 Å². The third-order valence-electron chi connectivity index (χ3n) is 6.18. The summed E-state index contributed by atoms with van der Waals surface area (Å²) in [6.07, 6.45) is 3.86. The molecule has 160 valence electrons. The minimum atomic E-state index is -3.23. The van der Waals surface area contributed by atoms with Crippen LogP contribution >= 0.6 is 0 Å². The number of carbonyl (C=O) groups is 1. The van der Waals surface area contributed by atoms with Crippen LogP contribution in [0, 0.1) is 0 Å². The molecule has 0 radical (unpaired) electrons. The molecule has 6 nitrogen and oxygen atoms in total. The van der Waals surface area contributed by atoms with Crippen molar-refractivity contribution >= 4 is 15.7 Å². The van der Waals surface area contributed by atoms with E-state index in [-0.39, 0.29) is 22.8 Å². The van der Waals surface area contributed by atoms with Gasteiger partial charge in [-0.2, -0.15) is 0 Å². The molecule has 2 aromatic rings. The lowest BCUT2D eigenvalue weighted by Gasteiger charge is -2.45. The zero-order chi connectivity index (χ0) is 21.4. The average molecular weight is 430 g/mol. The van der Waals surface area contributed by atoms with Gasteiger partial charge in [-0.1, -0.05) is 18.2 Å². The van der Waals surface area contributed by atoms with Crippen molar-refractivity contribution in [2.75, 3.05) is 33.1 Å². The highest BCUT2D eigenvalue weighted by Crippen LogP contribution is 2.42. The number of benzene rings is 2. The van der Waals surface area contributed by atoms with Crippen LogP contribution in [0.15, 0.2) is 47.4 Å². The molecule has 30 heavy (non-hydrogen) atoms. The van der Waals surface area contributed by atoms with Gasteiger partial charge in [0.25, 0.3) is 0 Å². The highest BCUT2D eigenvalue weighted by Gasteiger charge is 2.41. The number of carbonyl (C=O) groups excluding carboxylic acids is 1. The van der Waals surface area contributed by atoms with E-state index >= 15 is 0 Å². The predicted molar refractivity (Wildman–Crippen MR) is 113 cm³/mol. The zero-order valence-corrected chi connectivity index (χ0v) is 18.2. The molecule has 1 spiro atoms. The number of ether oxygens (including phenoxy) is 2. The van der Waals surface area contributed by atoms with Gasteiger partial charge in [0.1, 0.15) is 5.75 Å². The van der Waals surface area contributed by atoms with E-state index in [1.807, 2.05) is 11.0 Å². The van der Waals surface area contributed by atoms with Gasteiger partial charge in [-0.05, 0) is 60.2 Å². The van der Waals surface area contributed by atoms with Crippen LogP contribution in [0.4, 0.5) is 0 Å². The third-order valence-corrected chi connectivity index (χ3v) is 7.31. The first-order valence-corrected chi connectivity index (χ1v) is 12.1. The number of hydrogen-bond donors (Lipinski definition) is 0. The maximum atomic E-state index is 12.8. The Morgan fingerprint density at radius 3 is 2.47 bits per heavy atom. The molecule has 2 aromatic carbocycles. The quantitative estimate of drug-likeness (QED) is 0.747. The highest BCUT2D eigenvalue weighted by molar-refractivity contribution is 7.90. The van der Waals surface area contributed by atoms with Crippen molar-refractivity contribution in [3.63, 3.8) is 0 Å². The second kappa shape index (κ2) is 8.04. The van der Waals surface area contributed by atoms with Gasteiger partial charge in [0.2, 0.25) is 5.91 Å². The molecule has 0 bridgehead atoms. The summed E-state index contributed by atoms with van der Waals surface area (Å²) in [5.74, 6) is 0.919. The van der Waals surface area contributed by atoms with Gasteiger partial charge in [-0.15, -0.1) is 0 Å². The maximum Gasteiger partial charge on any atom is 0.226 e. The van der Waals surface area contributed by atoms with E-state index in [0.717, 1.165) is 30.6 Å². The van der Waals surface area contributed by atoms with Crippen molar-refractivity contribution in [3.05, 3.63) is 59.2 Å². The van der Waals surface area contributed by atoms with E-state index in [1.165, 1.54) is 17.4 Å². The highest BCUT2D eigenvalue weighted by atomic mass is 32.2.